The molecule has 7 heteroatoms. The molecule has 2 rings (SSSR count). The molecule has 0 aliphatic carbocycles. The highest BCUT2D eigenvalue weighted by Crippen LogP contribution is 2.19. The number of benzene rings is 2. The monoisotopic (exact) mass is 377 g/mol. The van der Waals surface area contributed by atoms with E-state index in [1.54, 1.807) is 6.07 Å². The van der Waals surface area contributed by atoms with Gasteiger partial charge in [0, 0.05) is 4.47 Å². The third-order valence-electron chi connectivity index (χ3n) is 2.84. The molecule has 0 radical (unpaired) electrons. The Balaban J connectivity index is 1.92. The van der Waals surface area contributed by atoms with Gasteiger partial charge >= 0.3 is 11.8 Å². The van der Waals surface area contributed by atoms with Gasteiger partial charge in [0.1, 0.15) is 5.82 Å². The second-order valence-corrected chi connectivity index (χ2v) is 5.60. The lowest BCUT2D eigenvalue weighted by molar-refractivity contribution is -0.136. The van der Waals surface area contributed by atoms with Gasteiger partial charge < -0.3 is 5.32 Å². The van der Waals surface area contributed by atoms with Gasteiger partial charge in [-0.15, -0.1) is 0 Å². The molecule has 0 aliphatic heterocycles. The van der Waals surface area contributed by atoms with Crippen LogP contribution in [0.5, 0.6) is 0 Å². The molecule has 0 spiro atoms. The van der Waals surface area contributed by atoms with Crippen LogP contribution in [0.1, 0.15) is 11.1 Å². The van der Waals surface area contributed by atoms with E-state index in [2.05, 4.69) is 31.8 Å². The fourth-order valence-corrected chi connectivity index (χ4v) is 1.97. The summed E-state index contributed by atoms with van der Waals surface area (Å²) in [6.45, 7) is 1.95. The molecule has 0 aliphatic rings. The maximum atomic E-state index is 13.6. The quantitative estimate of drug-likeness (QED) is 0.490. The summed E-state index contributed by atoms with van der Waals surface area (Å²) >= 11 is 3.10. The zero-order chi connectivity index (χ0) is 16.8. The Morgan fingerprint density at radius 3 is 2.48 bits per heavy atom. The first-order valence-corrected chi connectivity index (χ1v) is 7.41. The number of rotatable bonds is 3. The molecular formula is C16H13BrFN3O2. The van der Waals surface area contributed by atoms with E-state index in [1.807, 2.05) is 31.2 Å². The number of carbonyl (C=O) groups excluding carboxylic acids is 2. The zero-order valence-corrected chi connectivity index (χ0v) is 13.7. The van der Waals surface area contributed by atoms with Crippen LogP contribution in [0, 0.1) is 12.7 Å². The van der Waals surface area contributed by atoms with E-state index in [-0.39, 0.29) is 5.69 Å². The van der Waals surface area contributed by atoms with Crippen molar-refractivity contribution in [2.45, 2.75) is 6.92 Å². The van der Waals surface area contributed by atoms with Gasteiger partial charge in [0.2, 0.25) is 0 Å². The SMILES string of the molecule is Cc1ccc(C=NNC(=O)C(=O)Nc2ccc(Br)cc2F)cc1. The Morgan fingerprint density at radius 2 is 1.83 bits per heavy atom. The van der Waals surface area contributed by atoms with Crippen molar-refractivity contribution in [2.24, 2.45) is 5.10 Å². The van der Waals surface area contributed by atoms with Crippen LogP contribution in [0.15, 0.2) is 52.0 Å². The minimum absolute atomic E-state index is 0.0872. The van der Waals surface area contributed by atoms with Crippen molar-refractivity contribution in [2.75, 3.05) is 5.32 Å². The summed E-state index contributed by atoms with van der Waals surface area (Å²) < 4.78 is 14.1. The van der Waals surface area contributed by atoms with Crippen molar-refractivity contribution in [3.8, 4) is 0 Å². The molecule has 0 saturated carbocycles. The highest BCUT2D eigenvalue weighted by atomic mass is 79.9. The smallest absolute Gasteiger partial charge is 0.315 e. The van der Waals surface area contributed by atoms with Crippen LogP contribution >= 0.6 is 15.9 Å². The van der Waals surface area contributed by atoms with E-state index in [1.165, 1.54) is 18.3 Å². The molecule has 2 aromatic carbocycles. The molecule has 23 heavy (non-hydrogen) atoms. The summed E-state index contributed by atoms with van der Waals surface area (Å²) in [6, 6.07) is 11.5. The van der Waals surface area contributed by atoms with E-state index < -0.39 is 17.6 Å². The van der Waals surface area contributed by atoms with Crippen molar-refractivity contribution in [1.29, 1.82) is 0 Å². The van der Waals surface area contributed by atoms with Gasteiger partial charge in [-0.25, -0.2) is 9.82 Å². The lowest BCUT2D eigenvalue weighted by Crippen LogP contribution is -2.32. The molecule has 0 saturated heterocycles. The predicted octanol–water partition coefficient (Wildman–Crippen LogP) is 2.99. The zero-order valence-electron chi connectivity index (χ0n) is 12.1. The van der Waals surface area contributed by atoms with Gasteiger partial charge in [-0.3, -0.25) is 9.59 Å². The molecule has 0 atom stereocenters. The minimum Gasteiger partial charge on any atom is -0.315 e. The third-order valence-corrected chi connectivity index (χ3v) is 3.34. The summed E-state index contributed by atoms with van der Waals surface area (Å²) in [6.07, 6.45) is 1.41. The van der Waals surface area contributed by atoms with Crippen LogP contribution in [0.3, 0.4) is 0 Å². The largest absolute Gasteiger partial charge is 0.329 e. The summed E-state index contributed by atoms with van der Waals surface area (Å²) in [7, 11) is 0. The van der Waals surface area contributed by atoms with E-state index >= 15 is 0 Å². The lowest BCUT2D eigenvalue weighted by atomic mass is 10.2. The highest BCUT2D eigenvalue weighted by molar-refractivity contribution is 9.10. The van der Waals surface area contributed by atoms with Crippen molar-refractivity contribution < 1.29 is 14.0 Å². The Hall–Kier alpha value is -2.54. The van der Waals surface area contributed by atoms with Crippen LogP contribution in [0.25, 0.3) is 0 Å². The highest BCUT2D eigenvalue weighted by Gasteiger charge is 2.15. The number of carbonyl (C=O) groups is 2. The van der Waals surface area contributed by atoms with Crippen LogP contribution in [0.2, 0.25) is 0 Å². The third kappa shape index (κ3) is 5.00. The molecular weight excluding hydrogens is 365 g/mol. The Kier molecular flexibility index (Phi) is 5.59. The Bertz CT molecular complexity index is 760. The van der Waals surface area contributed by atoms with Crippen LogP contribution in [0.4, 0.5) is 10.1 Å². The topological polar surface area (TPSA) is 70.6 Å². The molecule has 0 fully saturated rings. The Morgan fingerprint density at radius 1 is 1.13 bits per heavy atom. The van der Waals surface area contributed by atoms with Crippen molar-refractivity contribution in [3.05, 3.63) is 63.9 Å². The number of nitrogens with zero attached hydrogens (tertiary/aromatic N) is 1. The second-order valence-electron chi connectivity index (χ2n) is 4.69. The molecule has 2 amide bonds. The summed E-state index contributed by atoms with van der Waals surface area (Å²) in [5, 5.41) is 5.86. The molecule has 0 unspecified atom stereocenters. The molecule has 2 N–H and O–H groups in total. The number of nitrogens with one attached hydrogen (secondary N) is 2. The van der Waals surface area contributed by atoms with E-state index in [0.29, 0.717) is 4.47 Å². The van der Waals surface area contributed by atoms with E-state index in [4.69, 9.17) is 0 Å². The predicted molar refractivity (Wildman–Crippen MR) is 89.6 cm³/mol. The summed E-state index contributed by atoms with van der Waals surface area (Å²) in [5.41, 5.74) is 3.87. The van der Waals surface area contributed by atoms with E-state index in [9.17, 15) is 14.0 Å². The maximum absolute atomic E-state index is 13.6. The fourth-order valence-electron chi connectivity index (χ4n) is 1.64. The molecule has 118 valence electrons. The number of hydrogen-bond donors (Lipinski definition) is 2. The van der Waals surface area contributed by atoms with Gasteiger partial charge in [0.05, 0.1) is 11.9 Å². The number of halogens is 2. The molecule has 5 nitrogen and oxygen atoms in total. The number of hydrogen-bond acceptors (Lipinski definition) is 3. The molecule has 0 bridgehead atoms. The van der Waals surface area contributed by atoms with Crippen molar-refractivity contribution >= 4 is 39.6 Å². The standard InChI is InChI=1S/C16H13BrFN3O2/c1-10-2-4-11(5-3-10)9-19-21-16(23)15(22)20-14-7-6-12(17)8-13(14)18/h2-9H,1H3,(H,20,22)(H,21,23). The number of amides is 2. The first kappa shape index (κ1) is 16.8. The van der Waals surface area contributed by atoms with Gasteiger partial charge in [-0.2, -0.15) is 5.10 Å². The average molecular weight is 378 g/mol. The average Bonchev–Trinajstić information content (AvgIpc) is 2.51. The number of aryl methyl sites for hydroxylation is 1. The fraction of sp³-hybridized carbons (Fsp3) is 0.0625. The first-order chi connectivity index (χ1) is 11.0. The maximum Gasteiger partial charge on any atom is 0.329 e. The molecule has 0 heterocycles. The van der Waals surface area contributed by atoms with Gasteiger partial charge in [-0.05, 0) is 30.7 Å². The summed E-state index contributed by atoms with van der Waals surface area (Å²) in [4.78, 5) is 23.3. The van der Waals surface area contributed by atoms with Crippen molar-refractivity contribution in [3.63, 3.8) is 0 Å². The van der Waals surface area contributed by atoms with Crippen LogP contribution in [-0.4, -0.2) is 18.0 Å². The van der Waals surface area contributed by atoms with Crippen LogP contribution in [-0.2, 0) is 9.59 Å². The van der Waals surface area contributed by atoms with Crippen LogP contribution < -0.4 is 10.7 Å². The Labute approximate surface area is 140 Å². The van der Waals surface area contributed by atoms with Gasteiger partial charge in [-0.1, -0.05) is 45.8 Å². The number of hydrazone groups is 1. The summed E-state index contributed by atoms with van der Waals surface area (Å²) in [5.74, 6) is -2.65. The second kappa shape index (κ2) is 7.64. The minimum atomic E-state index is -1.01. The lowest BCUT2D eigenvalue weighted by Gasteiger charge is -2.05. The number of anilines is 1. The van der Waals surface area contributed by atoms with E-state index in [0.717, 1.165) is 11.1 Å². The molecule has 0 aromatic heterocycles. The van der Waals surface area contributed by atoms with Gasteiger partial charge in [0.15, 0.2) is 0 Å². The van der Waals surface area contributed by atoms with Gasteiger partial charge in [0.25, 0.3) is 0 Å². The molecule has 2 aromatic rings. The van der Waals surface area contributed by atoms with Crippen molar-refractivity contribution in [1.82, 2.24) is 5.43 Å². The normalized spacial score (nSPS) is 10.6. The first-order valence-electron chi connectivity index (χ1n) is 6.62.